The van der Waals surface area contributed by atoms with E-state index in [1.165, 1.54) is 38.5 Å². The maximum atomic E-state index is 11.9. The summed E-state index contributed by atoms with van der Waals surface area (Å²) in [6.45, 7) is -0.427. The highest BCUT2D eigenvalue weighted by atomic mass is 16.5. The molecule has 2 amide bonds. The number of nitrogens with one attached hydrogen (secondary N) is 1. The molecule has 0 bridgehead atoms. The van der Waals surface area contributed by atoms with Gasteiger partial charge < -0.3 is 25.3 Å². The van der Waals surface area contributed by atoms with Crippen molar-refractivity contribution in [1.82, 2.24) is 0 Å². The third-order valence-corrected chi connectivity index (χ3v) is 3.61. The van der Waals surface area contributed by atoms with Crippen LogP contribution in [0.4, 0.5) is 5.69 Å². The summed E-state index contributed by atoms with van der Waals surface area (Å²) < 4.78 is 15.3. The Balaban J connectivity index is 1.84. The molecule has 8 heteroatoms. The molecule has 0 radical (unpaired) electrons. The van der Waals surface area contributed by atoms with Crippen molar-refractivity contribution < 1.29 is 28.6 Å². The third-order valence-electron chi connectivity index (χ3n) is 3.61. The Kier molecular flexibility index (Phi) is 6.76. The van der Waals surface area contributed by atoms with Gasteiger partial charge in [0.05, 0.1) is 20.6 Å². The van der Waals surface area contributed by atoms with Crippen LogP contribution in [0, 0.1) is 0 Å². The SMILES string of the molecule is COc1ccc(CC(=O)OCC(=O)Nc2ccc(C(N)=O)cc2)cc1OC. The average molecular weight is 372 g/mol. The Morgan fingerprint density at radius 3 is 2.22 bits per heavy atom. The topological polar surface area (TPSA) is 117 Å². The van der Waals surface area contributed by atoms with E-state index < -0.39 is 24.4 Å². The number of nitrogens with two attached hydrogens (primary N) is 1. The molecular weight excluding hydrogens is 352 g/mol. The van der Waals surface area contributed by atoms with Crippen molar-refractivity contribution >= 4 is 23.5 Å². The number of rotatable bonds is 8. The molecule has 0 aromatic heterocycles. The predicted octanol–water partition coefficient (Wildman–Crippen LogP) is 1.53. The number of hydrogen-bond donors (Lipinski definition) is 2. The van der Waals surface area contributed by atoms with E-state index >= 15 is 0 Å². The Hall–Kier alpha value is -3.55. The number of esters is 1. The first-order valence-corrected chi connectivity index (χ1v) is 7.99. The predicted molar refractivity (Wildman–Crippen MR) is 97.8 cm³/mol. The summed E-state index contributed by atoms with van der Waals surface area (Å²) in [4.78, 5) is 34.8. The van der Waals surface area contributed by atoms with Crippen molar-refractivity contribution in [3.8, 4) is 11.5 Å². The molecule has 0 heterocycles. The number of benzene rings is 2. The first-order valence-electron chi connectivity index (χ1n) is 7.99. The van der Waals surface area contributed by atoms with Crippen LogP contribution in [0.15, 0.2) is 42.5 Å². The summed E-state index contributed by atoms with van der Waals surface area (Å²) in [5.74, 6) is -0.558. The minimum atomic E-state index is -0.558. The van der Waals surface area contributed by atoms with Gasteiger partial charge in [0.2, 0.25) is 5.91 Å². The minimum Gasteiger partial charge on any atom is -0.493 e. The summed E-state index contributed by atoms with van der Waals surface area (Å²) >= 11 is 0. The highest BCUT2D eigenvalue weighted by Gasteiger charge is 2.11. The molecule has 27 heavy (non-hydrogen) atoms. The summed E-state index contributed by atoms with van der Waals surface area (Å²) in [6, 6.07) is 11.1. The van der Waals surface area contributed by atoms with Gasteiger partial charge in [0.1, 0.15) is 0 Å². The molecule has 142 valence electrons. The molecular formula is C19H20N2O6. The number of hydrogen-bond acceptors (Lipinski definition) is 6. The van der Waals surface area contributed by atoms with Gasteiger partial charge in [-0.1, -0.05) is 6.07 Å². The smallest absolute Gasteiger partial charge is 0.310 e. The van der Waals surface area contributed by atoms with Crippen LogP contribution in [0.1, 0.15) is 15.9 Å². The summed E-state index contributed by atoms with van der Waals surface area (Å²) in [7, 11) is 3.02. The summed E-state index contributed by atoms with van der Waals surface area (Å²) in [5.41, 5.74) is 6.60. The Labute approximate surface area is 156 Å². The standard InChI is InChI=1S/C19H20N2O6/c1-25-15-8-3-12(9-16(15)26-2)10-18(23)27-11-17(22)21-14-6-4-13(5-7-14)19(20)24/h3-9H,10-11H2,1-2H3,(H2,20,24)(H,21,22). The van der Waals surface area contributed by atoms with Crippen LogP contribution in [-0.2, 0) is 20.7 Å². The normalized spacial score (nSPS) is 10.0. The van der Waals surface area contributed by atoms with Crippen LogP contribution >= 0.6 is 0 Å². The van der Waals surface area contributed by atoms with Crippen LogP contribution in [0.25, 0.3) is 0 Å². The lowest BCUT2D eigenvalue weighted by atomic mass is 10.1. The number of ether oxygens (including phenoxy) is 3. The fraction of sp³-hybridized carbons (Fsp3) is 0.211. The van der Waals surface area contributed by atoms with Gasteiger partial charge in [-0.05, 0) is 42.0 Å². The lowest BCUT2D eigenvalue weighted by Gasteiger charge is -2.10. The fourth-order valence-corrected chi connectivity index (χ4v) is 2.27. The molecule has 0 aliphatic rings. The Morgan fingerprint density at radius 1 is 0.963 bits per heavy atom. The Morgan fingerprint density at radius 2 is 1.63 bits per heavy atom. The second-order valence-corrected chi connectivity index (χ2v) is 5.52. The van der Waals surface area contributed by atoms with Gasteiger partial charge in [0.15, 0.2) is 18.1 Å². The van der Waals surface area contributed by atoms with Gasteiger partial charge >= 0.3 is 5.97 Å². The van der Waals surface area contributed by atoms with Gasteiger partial charge in [-0.2, -0.15) is 0 Å². The van der Waals surface area contributed by atoms with Crippen molar-refractivity contribution in [2.75, 3.05) is 26.1 Å². The van der Waals surface area contributed by atoms with Crippen molar-refractivity contribution in [3.63, 3.8) is 0 Å². The van der Waals surface area contributed by atoms with E-state index in [0.717, 1.165) is 0 Å². The zero-order valence-corrected chi connectivity index (χ0v) is 15.0. The molecule has 2 rings (SSSR count). The zero-order chi connectivity index (χ0) is 19.8. The molecule has 2 aromatic carbocycles. The second-order valence-electron chi connectivity index (χ2n) is 5.52. The zero-order valence-electron chi connectivity index (χ0n) is 15.0. The third kappa shape index (κ3) is 5.74. The van der Waals surface area contributed by atoms with Crippen molar-refractivity contribution in [2.45, 2.75) is 6.42 Å². The minimum absolute atomic E-state index is 0.0130. The van der Waals surface area contributed by atoms with Gasteiger partial charge in [-0.25, -0.2) is 0 Å². The van der Waals surface area contributed by atoms with E-state index in [1.54, 1.807) is 18.2 Å². The van der Waals surface area contributed by atoms with E-state index in [-0.39, 0.29) is 6.42 Å². The van der Waals surface area contributed by atoms with Crippen molar-refractivity contribution in [1.29, 1.82) is 0 Å². The lowest BCUT2D eigenvalue weighted by Crippen LogP contribution is -2.21. The maximum Gasteiger partial charge on any atom is 0.310 e. The molecule has 0 aliphatic carbocycles. The second kappa shape index (κ2) is 9.23. The van der Waals surface area contributed by atoms with Crippen LogP contribution in [0.3, 0.4) is 0 Å². The van der Waals surface area contributed by atoms with Crippen LogP contribution in [-0.4, -0.2) is 38.6 Å². The number of methoxy groups -OCH3 is 2. The van der Waals surface area contributed by atoms with Crippen molar-refractivity contribution in [2.24, 2.45) is 5.73 Å². The van der Waals surface area contributed by atoms with E-state index in [1.807, 2.05) is 0 Å². The monoisotopic (exact) mass is 372 g/mol. The van der Waals surface area contributed by atoms with Crippen LogP contribution in [0.2, 0.25) is 0 Å². The van der Waals surface area contributed by atoms with Crippen molar-refractivity contribution in [3.05, 3.63) is 53.6 Å². The van der Waals surface area contributed by atoms with Crippen LogP contribution in [0.5, 0.6) is 11.5 Å². The largest absolute Gasteiger partial charge is 0.493 e. The molecule has 0 aliphatic heterocycles. The van der Waals surface area contributed by atoms with E-state index in [4.69, 9.17) is 19.9 Å². The number of carbonyl (C=O) groups is 3. The number of primary amides is 1. The van der Waals surface area contributed by atoms with E-state index in [9.17, 15) is 14.4 Å². The lowest BCUT2D eigenvalue weighted by molar-refractivity contribution is -0.146. The molecule has 0 unspecified atom stereocenters. The molecule has 0 saturated carbocycles. The molecule has 0 fully saturated rings. The molecule has 0 saturated heterocycles. The van der Waals surface area contributed by atoms with Gasteiger partial charge in [0.25, 0.3) is 5.91 Å². The van der Waals surface area contributed by atoms with Gasteiger partial charge in [-0.15, -0.1) is 0 Å². The molecule has 0 spiro atoms. The average Bonchev–Trinajstić information content (AvgIpc) is 2.66. The number of carbonyl (C=O) groups excluding carboxylic acids is 3. The first-order chi connectivity index (χ1) is 12.9. The highest BCUT2D eigenvalue weighted by Crippen LogP contribution is 2.27. The van der Waals surface area contributed by atoms with E-state index in [0.29, 0.717) is 28.3 Å². The molecule has 3 N–H and O–H groups in total. The van der Waals surface area contributed by atoms with Crippen LogP contribution < -0.4 is 20.5 Å². The quantitative estimate of drug-likeness (QED) is 0.679. The van der Waals surface area contributed by atoms with E-state index in [2.05, 4.69) is 5.32 Å². The maximum absolute atomic E-state index is 11.9. The molecule has 8 nitrogen and oxygen atoms in total. The summed E-state index contributed by atoms with van der Waals surface area (Å²) in [5, 5.41) is 2.56. The first kappa shape index (κ1) is 19.8. The summed E-state index contributed by atoms with van der Waals surface area (Å²) in [6.07, 6.45) is -0.0130. The molecule has 2 aromatic rings. The number of amides is 2. The van der Waals surface area contributed by atoms with Gasteiger partial charge in [0, 0.05) is 11.3 Å². The number of anilines is 1. The Bertz CT molecular complexity index is 833. The fourth-order valence-electron chi connectivity index (χ4n) is 2.27. The molecule has 0 atom stereocenters. The van der Waals surface area contributed by atoms with Gasteiger partial charge in [-0.3, -0.25) is 14.4 Å². The highest BCUT2D eigenvalue weighted by molar-refractivity contribution is 5.95.